The van der Waals surface area contributed by atoms with Crippen LogP contribution in [0, 0.1) is 0 Å². The smallest absolute Gasteiger partial charge is 0.225 e. The van der Waals surface area contributed by atoms with Crippen molar-refractivity contribution in [2.45, 2.75) is 12.8 Å². The van der Waals surface area contributed by atoms with Crippen LogP contribution >= 0.6 is 0 Å². The van der Waals surface area contributed by atoms with Crippen LogP contribution in [0.4, 0.5) is 5.95 Å². The minimum atomic E-state index is 0.221. The van der Waals surface area contributed by atoms with Crippen LogP contribution in [0.15, 0.2) is 36.8 Å². The lowest BCUT2D eigenvalue weighted by molar-refractivity contribution is -0.131. The summed E-state index contributed by atoms with van der Waals surface area (Å²) in [6.07, 6.45) is 6.71. The Morgan fingerprint density at radius 3 is 2.57 bits per heavy atom. The summed E-state index contributed by atoms with van der Waals surface area (Å²) < 4.78 is 0. The van der Waals surface area contributed by atoms with Gasteiger partial charge in [-0.05, 0) is 24.6 Å². The zero-order valence-corrected chi connectivity index (χ0v) is 11.9. The molecule has 3 rings (SSSR count). The summed E-state index contributed by atoms with van der Waals surface area (Å²) in [6, 6.07) is 5.78. The molecule has 0 radical (unpaired) electrons. The van der Waals surface area contributed by atoms with E-state index in [0.717, 1.165) is 44.2 Å². The van der Waals surface area contributed by atoms with Gasteiger partial charge < -0.3 is 14.8 Å². The van der Waals surface area contributed by atoms with E-state index in [1.807, 2.05) is 29.3 Å². The lowest BCUT2D eigenvalue weighted by Crippen LogP contribution is -2.49. The van der Waals surface area contributed by atoms with Gasteiger partial charge in [-0.3, -0.25) is 4.79 Å². The number of carbonyl (C=O) groups is 1. The molecule has 110 valence electrons. The van der Waals surface area contributed by atoms with Crippen LogP contribution in [0.5, 0.6) is 0 Å². The normalized spacial score (nSPS) is 15.2. The minimum Gasteiger partial charge on any atom is -0.365 e. The van der Waals surface area contributed by atoms with E-state index in [0.29, 0.717) is 6.42 Å². The zero-order chi connectivity index (χ0) is 14.5. The Kier molecular flexibility index (Phi) is 4.14. The van der Waals surface area contributed by atoms with Crippen molar-refractivity contribution < 1.29 is 4.79 Å². The molecule has 6 nitrogen and oxygen atoms in total. The molecule has 6 heteroatoms. The number of anilines is 1. The van der Waals surface area contributed by atoms with E-state index in [4.69, 9.17) is 0 Å². The third kappa shape index (κ3) is 3.39. The molecule has 1 N–H and O–H groups in total. The number of piperazine rings is 1. The molecule has 21 heavy (non-hydrogen) atoms. The van der Waals surface area contributed by atoms with Crippen LogP contribution in [-0.2, 0) is 11.2 Å². The van der Waals surface area contributed by atoms with Gasteiger partial charge in [-0.15, -0.1) is 0 Å². The number of H-pyrrole nitrogens is 1. The summed E-state index contributed by atoms with van der Waals surface area (Å²) in [4.78, 5) is 27.9. The number of carbonyl (C=O) groups excluding carboxylic acids is 1. The highest BCUT2D eigenvalue weighted by molar-refractivity contribution is 5.76. The molecule has 0 bridgehead atoms. The second-order valence-corrected chi connectivity index (χ2v) is 5.11. The zero-order valence-electron chi connectivity index (χ0n) is 11.9. The van der Waals surface area contributed by atoms with Gasteiger partial charge in [0.2, 0.25) is 11.9 Å². The Bertz CT molecular complexity index is 561. The van der Waals surface area contributed by atoms with E-state index >= 15 is 0 Å². The number of amides is 1. The quantitative estimate of drug-likeness (QED) is 0.913. The summed E-state index contributed by atoms with van der Waals surface area (Å²) in [7, 11) is 0. The average Bonchev–Trinajstić information content (AvgIpc) is 3.07. The maximum Gasteiger partial charge on any atom is 0.225 e. The van der Waals surface area contributed by atoms with Crippen LogP contribution in [0.25, 0.3) is 0 Å². The van der Waals surface area contributed by atoms with Crippen LogP contribution in [0.3, 0.4) is 0 Å². The first-order valence-corrected chi connectivity index (χ1v) is 7.25. The molecule has 0 spiro atoms. The second-order valence-electron chi connectivity index (χ2n) is 5.11. The van der Waals surface area contributed by atoms with Crippen LogP contribution in [-0.4, -0.2) is 51.9 Å². The molecular weight excluding hydrogens is 266 g/mol. The first kappa shape index (κ1) is 13.6. The van der Waals surface area contributed by atoms with Gasteiger partial charge in [-0.25, -0.2) is 9.97 Å². The number of aromatic amines is 1. The Morgan fingerprint density at radius 2 is 1.90 bits per heavy atom. The SMILES string of the molecule is O=C(CCc1ccc[nH]1)N1CCN(c2ncccn2)CC1. The van der Waals surface area contributed by atoms with Crippen molar-refractivity contribution in [3.63, 3.8) is 0 Å². The topological polar surface area (TPSA) is 65.1 Å². The molecule has 0 atom stereocenters. The number of nitrogens with one attached hydrogen (secondary N) is 1. The molecular formula is C15H19N5O. The number of hydrogen-bond acceptors (Lipinski definition) is 4. The lowest BCUT2D eigenvalue weighted by atomic mass is 10.2. The minimum absolute atomic E-state index is 0.221. The molecule has 2 aromatic heterocycles. The van der Waals surface area contributed by atoms with Crippen molar-refractivity contribution >= 4 is 11.9 Å². The summed E-state index contributed by atoms with van der Waals surface area (Å²) in [6.45, 7) is 3.06. The fourth-order valence-electron chi connectivity index (χ4n) is 2.53. The first-order chi connectivity index (χ1) is 10.3. The van der Waals surface area contributed by atoms with E-state index in [-0.39, 0.29) is 5.91 Å². The van der Waals surface area contributed by atoms with Crippen LogP contribution in [0.1, 0.15) is 12.1 Å². The van der Waals surface area contributed by atoms with Crippen LogP contribution in [0.2, 0.25) is 0 Å². The number of hydrogen-bond donors (Lipinski definition) is 1. The standard InChI is InChI=1S/C15H19N5O/c21-14(5-4-13-3-1-6-16-13)19-9-11-20(12-10-19)15-17-7-2-8-18-15/h1-3,6-8,16H,4-5,9-12H2. The molecule has 0 aromatic carbocycles. The molecule has 1 aliphatic rings. The Morgan fingerprint density at radius 1 is 1.14 bits per heavy atom. The molecule has 0 aliphatic carbocycles. The number of aromatic nitrogens is 3. The highest BCUT2D eigenvalue weighted by atomic mass is 16.2. The number of aryl methyl sites for hydroxylation is 1. The average molecular weight is 285 g/mol. The van der Waals surface area contributed by atoms with Gasteiger partial charge in [-0.2, -0.15) is 0 Å². The molecule has 0 saturated carbocycles. The maximum absolute atomic E-state index is 12.2. The summed E-state index contributed by atoms with van der Waals surface area (Å²) in [5.41, 5.74) is 1.11. The van der Waals surface area contributed by atoms with Crippen molar-refractivity contribution in [2.75, 3.05) is 31.1 Å². The number of rotatable bonds is 4. The maximum atomic E-state index is 12.2. The van der Waals surface area contributed by atoms with Crippen molar-refractivity contribution in [2.24, 2.45) is 0 Å². The van der Waals surface area contributed by atoms with Crippen LogP contribution < -0.4 is 4.90 Å². The third-order valence-electron chi connectivity index (χ3n) is 3.74. The molecule has 1 aliphatic heterocycles. The van der Waals surface area contributed by atoms with Gasteiger partial charge in [0.05, 0.1) is 0 Å². The Labute approximate surface area is 123 Å². The fraction of sp³-hybridized carbons (Fsp3) is 0.400. The Balaban J connectivity index is 1.48. The van der Waals surface area contributed by atoms with E-state index in [9.17, 15) is 4.79 Å². The van der Waals surface area contributed by atoms with Gasteiger partial charge in [-0.1, -0.05) is 0 Å². The number of nitrogens with zero attached hydrogens (tertiary/aromatic N) is 4. The van der Waals surface area contributed by atoms with E-state index in [1.54, 1.807) is 12.4 Å². The monoisotopic (exact) mass is 285 g/mol. The first-order valence-electron chi connectivity index (χ1n) is 7.25. The largest absolute Gasteiger partial charge is 0.365 e. The third-order valence-corrected chi connectivity index (χ3v) is 3.74. The molecule has 3 heterocycles. The van der Waals surface area contributed by atoms with Crippen molar-refractivity contribution in [3.05, 3.63) is 42.5 Å². The Hall–Kier alpha value is -2.37. The van der Waals surface area contributed by atoms with Gasteiger partial charge in [0.25, 0.3) is 0 Å². The second kappa shape index (κ2) is 6.39. The molecule has 2 aromatic rings. The van der Waals surface area contributed by atoms with Gasteiger partial charge >= 0.3 is 0 Å². The van der Waals surface area contributed by atoms with Gasteiger partial charge in [0.1, 0.15) is 0 Å². The molecule has 1 fully saturated rings. The molecule has 0 unspecified atom stereocenters. The van der Waals surface area contributed by atoms with E-state index in [1.165, 1.54) is 0 Å². The summed E-state index contributed by atoms with van der Waals surface area (Å²) in [5.74, 6) is 0.967. The predicted molar refractivity (Wildman–Crippen MR) is 79.9 cm³/mol. The van der Waals surface area contributed by atoms with E-state index in [2.05, 4.69) is 19.9 Å². The highest BCUT2D eigenvalue weighted by Gasteiger charge is 2.22. The molecule has 1 amide bonds. The van der Waals surface area contributed by atoms with Crippen molar-refractivity contribution in [3.8, 4) is 0 Å². The highest BCUT2D eigenvalue weighted by Crippen LogP contribution is 2.11. The molecule has 1 saturated heterocycles. The van der Waals surface area contributed by atoms with E-state index < -0.39 is 0 Å². The van der Waals surface area contributed by atoms with Gasteiger partial charge in [0, 0.05) is 56.9 Å². The van der Waals surface area contributed by atoms with Gasteiger partial charge in [0.15, 0.2) is 0 Å². The lowest BCUT2D eigenvalue weighted by Gasteiger charge is -2.34. The predicted octanol–water partition coefficient (Wildman–Crippen LogP) is 1.09. The van der Waals surface area contributed by atoms with Crippen molar-refractivity contribution in [1.82, 2.24) is 19.9 Å². The van der Waals surface area contributed by atoms with Crippen molar-refractivity contribution in [1.29, 1.82) is 0 Å². The summed E-state index contributed by atoms with van der Waals surface area (Å²) >= 11 is 0. The fourth-order valence-corrected chi connectivity index (χ4v) is 2.53. The summed E-state index contributed by atoms with van der Waals surface area (Å²) in [5, 5.41) is 0.